The van der Waals surface area contributed by atoms with Crippen molar-refractivity contribution >= 4 is 10.0 Å². The average molecular weight is 368 g/mol. The fourth-order valence-electron chi connectivity index (χ4n) is 3.84. The van der Waals surface area contributed by atoms with Crippen LogP contribution in [0, 0.1) is 5.92 Å². The molecule has 3 rings (SSSR count). The third kappa shape index (κ3) is 4.34. The van der Waals surface area contributed by atoms with Gasteiger partial charge in [-0.15, -0.1) is 0 Å². The van der Waals surface area contributed by atoms with Crippen molar-refractivity contribution in [3.05, 3.63) is 29.8 Å². The van der Waals surface area contributed by atoms with Crippen molar-refractivity contribution < 1.29 is 17.9 Å². The lowest BCUT2D eigenvalue weighted by Crippen LogP contribution is -2.64. The van der Waals surface area contributed by atoms with E-state index in [2.05, 4.69) is 21.8 Å². The molecule has 2 aliphatic rings. The van der Waals surface area contributed by atoms with Crippen LogP contribution in [-0.2, 0) is 21.3 Å². The van der Waals surface area contributed by atoms with E-state index < -0.39 is 10.0 Å². The molecule has 1 aromatic carbocycles. The number of ether oxygens (including phenoxy) is 2. The summed E-state index contributed by atoms with van der Waals surface area (Å²) in [5.41, 5.74) is 1.19. The molecule has 6 nitrogen and oxygen atoms in total. The van der Waals surface area contributed by atoms with Gasteiger partial charge < -0.3 is 9.47 Å². The van der Waals surface area contributed by atoms with Gasteiger partial charge in [0.25, 0.3) is 0 Å². The number of benzene rings is 1. The van der Waals surface area contributed by atoms with Crippen molar-refractivity contribution in [3.8, 4) is 5.75 Å². The van der Waals surface area contributed by atoms with Crippen molar-refractivity contribution in [1.29, 1.82) is 0 Å². The van der Waals surface area contributed by atoms with E-state index in [1.807, 2.05) is 12.1 Å². The van der Waals surface area contributed by atoms with Gasteiger partial charge in [-0.3, -0.25) is 4.90 Å². The predicted molar refractivity (Wildman–Crippen MR) is 97.1 cm³/mol. The van der Waals surface area contributed by atoms with Crippen LogP contribution >= 0.6 is 0 Å². The molecule has 0 radical (unpaired) electrons. The predicted octanol–water partition coefficient (Wildman–Crippen LogP) is 1.62. The molecular formula is C18H28N2O4S. The van der Waals surface area contributed by atoms with Crippen LogP contribution in [0.25, 0.3) is 0 Å². The topological polar surface area (TPSA) is 67.9 Å². The molecule has 140 valence electrons. The van der Waals surface area contributed by atoms with E-state index in [1.165, 1.54) is 5.56 Å². The van der Waals surface area contributed by atoms with Gasteiger partial charge in [0.05, 0.1) is 18.5 Å². The Labute approximate surface area is 150 Å². The van der Waals surface area contributed by atoms with Crippen LogP contribution in [0.3, 0.4) is 0 Å². The number of likely N-dealkylation sites (tertiary alicyclic amines) is 1. The molecule has 2 saturated heterocycles. The lowest BCUT2D eigenvalue weighted by Gasteiger charge is -2.50. The van der Waals surface area contributed by atoms with Crippen molar-refractivity contribution in [2.75, 3.05) is 39.1 Å². The zero-order valence-corrected chi connectivity index (χ0v) is 15.8. The molecule has 0 bridgehead atoms. The highest BCUT2D eigenvalue weighted by Crippen LogP contribution is 2.42. The summed E-state index contributed by atoms with van der Waals surface area (Å²) in [5.74, 6) is 1.44. The Balaban J connectivity index is 1.48. The number of rotatable bonds is 8. The summed E-state index contributed by atoms with van der Waals surface area (Å²) >= 11 is 0. The second-order valence-corrected chi connectivity index (χ2v) is 9.07. The summed E-state index contributed by atoms with van der Waals surface area (Å²) in [6.45, 7) is 5.69. The molecule has 1 N–H and O–H groups in total. The molecular weight excluding hydrogens is 340 g/mol. The normalized spacial score (nSPS) is 22.9. The van der Waals surface area contributed by atoms with E-state index in [1.54, 1.807) is 14.0 Å². The molecule has 0 saturated carbocycles. The summed E-state index contributed by atoms with van der Waals surface area (Å²) in [4.78, 5) is 2.39. The first-order valence-electron chi connectivity index (χ1n) is 8.93. The van der Waals surface area contributed by atoms with Gasteiger partial charge in [0.15, 0.2) is 0 Å². The van der Waals surface area contributed by atoms with Gasteiger partial charge in [0.2, 0.25) is 10.0 Å². The van der Waals surface area contributed by atoms with Crippen LogP contribution in [0.5, 0.6) is 5.75 Å². The number of nitrogens with zero attached hydrogens (tertiary/aromatic N) is 1. The molecule has 1 atom stereocenters. The van der Waals surface area contributed by atoms with Crippen molar-refractivity contribution in [3.63, 3.8) is 0 Å². The fraction of sp³-hybridized carbons (Fsp3) is 0.667. The highest BCUT2D eigenvalue weighted by atomic mass is 32.2. The molecule has 25 heavy (non-hydrogen) atoms. The van der Waals surface area contributed by atoms with Gasteiger partial charge in [0, 0.05) is 32.8 Å². The number of nitrogens with one attached hydrogen (secondary N) is 1. The molecule has 1 unspecified atom stereocenters. The smallest absolute Gasteiger partial charge is 0.211 e. The standard InChI is InChI=1S/C18H28N2O4S/c1-3-25(21,22)19-10-8-16-9-11-24-18(16)13-20(14-18)12-15-4-6-17(23-2)7-5-15/h4-7,16,19H,3,8-14H2,1-2H3. The van der Waals surface area contributed by atoms with E-state index in [0.29, 0.717) is 12.5 Å². The maximum atomic E-state index is 11.6. The lowest BCUT2D eigenvalue weighted by molar-refractivity contribution is -0.136. The zero-order valence-electron chi connectivity index (χ0n) is 15.0. The SMILES string of the molecule is CCS(=O)(=O)NCCC1CCOC12CN(Cc1ccc(OC)cc1)C2. The highest BCUT2D eigenvalue weighted by molar-refractivity contribution is 7.89. The van der Waals surface area contributed by atoms with E-state index in [-0.39, 0.29) is 11.4 Å². The third-order valence-electron chi connectivity index (χ3n) is 5.34. The van der Waals surface area contributed by atoms with Gasteiger partial charge >= 0.3 is 0 Å². The van der Waals surface area contributed by atoms with Gasteiger partial charge in [-0.25, -0.2) is 13.1 Å². The molecule has 2 fully saturated rings. The number of hydrogen-bond donors (Lipinski definition) is 1. The Morgan fingerprint density at radius 2 is 2.04 bits per heavy atom. The Kier molecular flexibility index (Phi) is 5.68. The average Bonchev–Trinajstić information content (AvgIpc) is 2.99. The van der Waals surface area contributed by atoms with E-state index in [9.17, 15) is 8.42 Å². The first-order valence-corrected chi connectivity index (χ1v) is 10.6. The Hall–Kier alpha value is -1.15. The van der Waals surface area contributed by atoms with Gasteiger partial charge in [-0.05, 0) is 43.4 Å². The monoisotopic (exact) mass is 368 g/mol. The first-order chi connectivity index (χ1) is 12.0. The molecule has 0 amide bonds. The summed E-state index contributed by atoms with van der Waals surface area (Å²) in [6, 6.07) is 8.16. The van der Waals surface area contributed by atoms with Gasteiger partial charge in [0.1, 0.15) is 5.75 Å². The number of methoxy groups -OCH3 is 1. The lowest BCUT2D eigenvalue weighted by atomic mass is 9.79. The Morgan fingerprint density at radius 1 is 1.32 bits per heavy atom. The van der Waals surface area contributed by atoms with E-state index in [0.717, 1.165) is 44.8 Å². The van der Waals surface area contributed by atoms with Gasteiger partial charge in [-0.2, -0.15) is 0 Å². The summed E-state index contributed by atoms with van der Waals surface area (Å²) in [6.07, 6.45) is 1.86. The van der Waals surface area contributed by atoms with Crippen LogP contribution in [0.1, 0.15) is 25.3 Å². The van der Waals surface area contributed by atoms with Crippen molar-refractivity contribution in [1.82, 2.24) is 9.62 Å². The van der Waals surface area contributed by atoms with Crippen LogP contribution in [0.4, 0.5) is 0 Å². The molecule has 2 aliphatic heterocycles. The fourth-order valence-corrected chi connectivity index (χ4v) is 4.48. The maximum absolute atomic E-state index is 11.6. The molecule has 2 heterocycles. The molecule has 7 heteroatoms. The number of hydrogen-bond acceptors (Lipinski definition) is 5. The molecule has 1 aromatic rings. The maximum Gasteiger partial charge on any atom is 0.211 e. The summed E-state index contributed by atoms with van der Waals surface area (Å²) in [7, 11) is -1.43. The van der Waals surface area contributed by atoms with Crippen LogP contribution in [0.2, 0.25) is 0 Å². The Bertz CT molecular complexity index is 669. The molecule has 0 aromatic heterocycles. The second-order valence-electron chi connectivity index (χ2n) is 6.98. The minimum Gasteiger partial charge on any atom is -0.497 e. The van der Waals surface area contributed by atoms with E-state index in [4.69, 9.17) is 9.47 Å². The van der Waals surface area contributed by atoms with Crippen molar-refractivity contribution in [2.45, 2.75) is 31.9 Å². The highest BCUT2D eigenvalue weighted by Gasteiger charge is 2.52. The summed E-state index contributed by atoms with van der Waals surface area (Å²) in [5, 5.41) is 0. The first kappa shape index (κ1) is 18.6. The minimum atomic E-state index is -3.11. The Morgan fingerprint density at radius 3 is 2.68 bits per heavy atom. The third-order valence-corrected chi connectivity index (χ3v) is 6.75. The summed E-state index contributed by atoms with van der Waals surface area (Å²) < 4.78 is 37.0. The van der Waals surface area contributed by atoms with E-state index >= 15 is 0 Å². The largest absolute Gasteiger partial charge is 0.497 e. The van der Waals surface area contributed by atoms with Crippen LogP contribution < -0.4 is 9.46 Å². The molecule has 0 aliphatic carbocycles. The zero-order chi connectivity index (χ0) is 17.9. The van der Waals surface area contributed by atoms with Crippen LogP contribution in [0.15, 0.2) is 24.3 Å². The van der Waals surface area contributed by atoms with Gasteiger partial charge in [-0.1, -0.05) is 12.1 Å². The quantitative estimate of drug-likeness (QED) is 0.755. The minimum absolute atomic E-state index is 0.0792. The van der Waals surface area contributed by atoms with Crippen LogP contribution in [-0.4, -0.2) is 58.0 Å². The second kappa shape index (κ2) is 7.61. The molecule has 1 spiro atoms. The number of sulfonamides is 1. The van der Waals surface area contributed by atoms with Crippen molar-refractivity contribution in [2.24, 2.45) is 5.92 Å².